The van der Waals surface area contributed by atoms with E-state index in [0.29, 0.717) is 16.6 Å². The van der Waals surface area contributed by atoms with Gasteiger partial charge >= 0.3 is 0 Å². The molecule has 124 valence electrons. The first-order valence-electron chi connectivity index (χ1n) is 7.59. The highest BCUT2D eigenvalue weighted by Crippen LogP contribution is 2.28. The average Bonchev–Trinajstić information content (AvgIpc) is 3.30. The second-order valence-corrected chi connectivity index (χ2v) is 7.03. The quantitative estimate of drug-likeness (QED) is 0.474. The molecule has 0 unspecified atom stereocenters. The Balaban J connectivity index is 1.51. The van der Waals surface area contributed by atoms with Crippen LogP contribution in [0.15, 0.2) is 71.5 Å². The summed E-state index contributed by atoms with van der Waals surface area (Å²) in [5.41, 5.74) is 2.52. The van der Waals surface area contributed by atoms with Gasteiger partial charge < -0.3 is 0 Å². The number of rotatable bonds is 5. The van der Waals surface area contributed by atoms with Crippen LogP contribution in [0.5, 0.6) is 0 Å². The Morgan fingerprint density at radius 2 is 1.84 bits per heavy atom. The predicted molar refractivity (Wildman–Crippen MR) is 98.4 cm³/mol. The van der Waals surface area contributed by atoms with Crippen LogP contribution < -0.4 is 0 Å². The van der Waals surface area contributed by atoms with Crippen LogP contribution in [0.4, 0.5) is 4.39 Å². The van der Waals surface area contributed by atoms with Crippen LogP contribution in [-0.4, -0.2) is 19.7 Å². The van der Waals surface area contributed by atoms with E-state index in [4.69, 9.17) is 0 Å². The van der Waals surface area contributed by atoms with Crippen LogP contribution in [0.1, 0.15) is 5.69 Å². The highest BCUT2D eigenvalue weighted by Gasteiger charge is 2.12. The zero-order valence-electron chi connectivity index (χ0n) is 13.0. The van der Waals surface area contributed by atoms with Gasteiger partial charge in [0.25, 0.3) is 0 Å². The molecule has 4 nitrogen and oxygen atoms in total. The van der Waals surface area contributed by atoms with E-state index in [1.54, 1.807) is 34.1 Å². The number of thiazole rings is 1. The fourth-order valence-electron chi connectivity index (χ4n) is 2.36. The number of thioether (sulfide) groups is 1. The lowest BCUT2D eigenvalue weighted by molar-refractivity contribution is 0.613. The smallest absolute Gasteiger partial charge is 0.196 e. The molecule has 0 aliphatic rings. The number of halogens is 1. The number of para-hydroxylation sites is 1. The molecule has 2 aromatic carbocycles. The minimum Gasteiger partial charge on any atom is -0.274 e. The summed E-state index contributed by atoms with van der Waals surface area (Å²) in [6.07, 6.45) is 1.52. The molecule has 0 atom stereocenters. The summed E-state index contributed by atoms with van der Waals surface area (Å²) in [7, 11) is 0. The van der Waals surface area contributed by atoms with E-state index in [-0.39, 0.29) is 5.82 Å². The highest BCUT2D eigenvalue weighted by molar-refractivity contribution is 7.98. The maximum absolute atomic E-state index is 14.0. The molecule has 25 heavy (non-hydrogen) atoms. The number of hydrogen-bond acceptors (Lipinski definition) is 5. The maximum Gasteiger partial charge on any atom is 0.196 e. The van der Waals surface area contributed by atoms with Crippen molar-refractivity contribution in [2.75, 3.05) is 0 Å². The van der Waals surface area contributed by atoms with Crippen molar-refractivity contribution >= 4 is 23.1 Å². The molecule has 4 rings (SSSR count). The Morgan fingerprint density at radius 3 is 2.68 bits per heavy atom. The minimum absolute atomic E-state index is 0.302. The lowest BCUT2D eigenvalue weighted by Crippen LogP contribution is -1.98. The molecule has 0 saturated carbocycles. The van der Waals surface area contributed by atoms with Gasteiger partial charge in [-0.15, -0.1) is 21.5 Å². The molecule has 0 saturated heterocycles. The minimum atomic E-state index is -0.302. The van der Waals surface area contributed by atoms with Gasteiger partial charge in [0.1, 0.15) is 17.2 Å². The van der Waals surface area contributed by atoms with Crippen LogP contribution in [-0.2, 0) is 5.75 Å². The van der Waals surface area contributed by atoms with Crippen molar-refractivity contribution in [3.05, 3.63) is 77.8 Å². The van der Waals surface area contributed by atoms with Gasteiger partial charge in [-0.1, -0.05) is 54.2 Å². The third-order valence-electron chi connectivity index (χ3n) is 3.55. The molecule has 0 bridgehead atoms. The van der Waals surface area contributed by atoms with Crippen LogP contribution in [0.3, 0.4) is 0 Å². The zero-order valence-corrected chi connectivity index (χ0v) is 14.7. The van der Waals surface area contributed by atoms with Gasteiger partial charge in [0.05, 0.1) is 11.4 Å². The fraction of sp³-hybridized carbons (Fsp3) is 0.0556. The van der Waals surface area contributed by atoms with E-state index in [1.807, 2.05) is 35.7 Å². The molecule has 0 aliphatic heterocycles. The van der Waals surface area contributed by atoms with E-state index in [2.05, 4.69) is 15.2 Å². The lowest BCUT2D eigenvalue weighted by atomic mass is 10.2. The first-order chi connectivity index (χ1) is 12.3. The van der Waals surface area contributed by atoms with Crippen LogP contribution in [0, 0.1) is 5.82 Å². The molecule has 7 heteroatoms. The largest absolute Gasteiger partial charge is 0.274 e. The van der Waals surface area contributed by atoms with Crippen molar-refractivity contribution in [3.63, 3.8) is 0 Å². The molecule has 0 amide bonds. The van der Waals surface area contributed by atoms with E-state index in [0.717, 1.165) is 16.3 Å². The predicted octanol–water partition coefficient (Wildman–Crippen LogP) is 4.82. The molecular weight excluding hydrogens is 355 g/mol. The van der Waals surface area contributed by atoms with E-state index < -0.39 is 0 Å². The molecule has 0 aliphatic carbocycles. The summed E-state index contributed by atoms with van der Waals surface area (Å²) in [4.78, 5) is 4.67. The third kappa shape index (κ3) is 3.47. The number of hydrogen-bond donors (Lipinski definition) is 0. The van der Waals surface area contributed by atoms with Gasteiger partial charge in [0, 0.05) is 16.7 Å². The van der Waals surface area contributed by atoms with Crippen LogP contribution in [0.2, 0.25) is 0 Å². The first kappa shape index (κ1) is 16.0. The highest BCUT2D eigenvalue weighted by atomic mass is 32.2. The topological polar surface area (TPSA) is 43.6 Å². The van der Waals surface area contributed by atoms with E-state index >= 15 is 0 Å². The van der Waals surface area contributed by atoms with Gasteiger partial charge in [-0.2, -0.15) is 0 Å². The molecule has 4 aromatic rings. The lowest BCUT2D eigenvalue weighted by Gasteiger charge is -2.06. The van der Waals surface area contributed by atoms with Gasteiger partial charge in [0.15, 0.2) is 5.16 Å². The van der Waals surface area contributed by atoms with Crippen molar-refractivity contribution < 1.29 is 4.39 Å². The van der Waals surface area contributed by atoms with Crippen LogP contribution >= 0.6 is 23.1 Å². The van der Waals surface area contributed by atoms with Crippen molar-refractivity contribution in [1.29, 1.82) is 0 Å². The number of nitrogens with zero attached hydrogens (tertiary/aromatic N) is 4. The third-order valence-corrected chi connectivity index (χ3v) is 5.47. The summed E-state index contributed by atoms with van der Waals surface area (Å²) >= 11 is 3.10. The number of benzene rings is 2. The Morgan fingerprint density at radius 1 is 1.04 bits per heavy atom. The van der Waals surface area contributed by atoms with E-state index in [1.165, 1.54) is 24.2 Å². The molecule has 2 heterocycles. The summed E-state index contributed by atoms with van der Waals surface area (Å²) in [5.74, 6) is 0.348. The monoisotopic (exact) mass is 368 g/mol. The molecular formula is C18H13FN4S2. The van der Waals surface area contributed by atoms with Gasteiger partial charge in [-0.05, 0) is 12.1 Å². The SMILES string of the molecule is Fc1ccccc1-n1cnnc1SCc1csc(-c2ccccc2)n1. The maximum atomic E-state index is 14.0. The Hall–Kier alpha value is -2.51. The molecule has 0 fully saturated rings. The Bertz CT molecular complexity index is 981. The molecule has 0 spiro atoms. The van der Waals surface area contributed by atoms with Crippen molar-refractivity contribution in [2.24, 2.45) is 0 Å². The Labute approximate surface area is 152 Å². The molecule has 2 aromatic heterocycles. The zero-order chi connectivity index (χ0) is 17.1. The van der Waals surface area contributed by atoms with Gasteiger partial charge in [-0.3, -0.25) is 4.57 Å². The summed E-state index contributed by atoms with van der Waals surface area (Å²) in [6, 6.07) is 16.7. The molecule has 0 N–H and O–H groups in total. The Kier molecular flexibility index (Phi) is 4.58. The average molecular weight is 368 g/mol. The van der Waals surface area contributed by atoms with E-state index in [9.17, 15) is 4.39 Å². The summed E-state index contributed by atoms with van der Waals surface area (Å²) in [5, 5.41) is 11.7. The van der Waals surface area contributed by atoms with Crippen molar-refractivity contribution in [2.45, 2.75) is 10.9 Å². The van der Waals surface area contributed by atoms with Crippen molar-refractivity contribution in [1.82, 2.24) is 19.7 Å². The van der Waals surface area contributed by atoms with Crippen LogP contribution in [0.25, 0.3) is 16.3 Å². The first-order valence-corrected chi connectivity index (χ1v) is 9.45. The van der Waals surface area contributed by atoms with Gasteiger partial charge in [0.2, 0.25) is 0 Å². The van der Waals surface area contributed by atoms with Gasteiger partial charge in [-0.25, -0.2) is 9.37 Å². The standard InChI is InChI=1S/C18H13FN4S2/c19-15-8-4-5-9-16(15)23-12-20-22-18(23)25-11-14-10-24-17(21-14)13-6-2-1-3-7-13/h1-10,12H,11H2. The summed E-state index contributed by atoms with van der Waals surface area (Å²) in [6.45, 7) is 0. The molecule has 0 radical (unpaired) electrons. The second kappa shape index (κ2) is 7.16. The normalized spacial score (nSPS) is 10.9. The van der Waals surface area contributed by atoms with Crippen molar-refractivity contribution in [3.8, 4) is 16.3 Å². The number of aromatic nitrogens is 4. The fourth-order valence-corrected chi connectivity index (χ4v) is 4.11. The second-order valence-electron chi connectivity index (χ2n) is 5.23. The summed E-state index contributed by atoms with van der Waals surface area (Å²) < 4.78 is 15.6.